The number of hydrogen-bond acceptors (Lipinski definition) is 4. The Balaban J connectivity index is 2.32. The third-order valence-electron chi connectivity index (χ3n) is 2.77. The van der Waals surface area contributed by atoms with Crippen LogP contribution in [0.4, 0.5) is 5.69 Å². The van der Waals surface area contributed by atoms with Crippen molar-refractivity contribution in [1.29, 1.82) is 0 Å². The zero-order valence-electron chi connectivity index (χ0n) is 10.9. The Labute approximate surface area is 114 Å². The van der Waals surface area contributed by atoms with E-state index in [0.717, 1.165) is 0 Å². The quantitative estimate of drug-likeness (QED) is 0.787. The molecule has 0 bridgehead atoms. The van der Waals surface area contributed by atoms with Gasteiger partial charge in [0.25, 0.3) is 5.91 Å². The maximum absolute atomic E-state index is 12.1. The average Bonchev–Trinajstić information content (AvgIpc) is 2.84. The summed E-state index contributed by atoms with van der Waals surface area (Å²) in [7, 11) is 1.44. The summed E-state index contributed by atoms with van der Waals surface area (Å²) in [5, 5.41) is 18.0. The molecule has 0 unspecified atom stereocenters. The highest BCUT2D eigenvalue weighted by molar-refractivity contribution is 6.06. The first kappa shape index (κ1) is 13.6. The number of nitrogens with zero attached hydrogens (tertiary/aromatic N) is 1. The van der Waals surface area contributed by atoms with E-state index in [2.05, 4.69) is 15.5 Å². The fraction of sp³-hybridized carbons (Fsp3) is 0.154. The Morgan fingerprint density at radius 3 is 2.70 bits per heavy atom. The molecule has 0 aliphatic heterocycles. The molecular formula is C13H13N3O4. The van der Waals surface area contributed by atoms with Gasteiger partial charge in [0, 0.05) is 5.69 Å². The summed E-state index contributed by atoms with van der Waals surface area (Å²) in [6.45, 7) is 1.72. The van der Waals surface area contributed by atoms with Crippen molar-refractivity contribution in [1.82, 2.24) is 10.2 Å². The molecule has 104 valence electrons. The molecule has 0 saturated carbocycles. The number of rotatable bonds is 4. The van der Waals surface area contributed by atoms with E-state index in [1.807, 2.05) is 0 Å². The van der Waals surface area contributed by atoms with Gasteiger partial charge in [-0.3, -0.25) is 9.89 Å². The van der Waals surface area contributed by atoms with Crippen LogP contribution >= 0.6 is 0 Å². The number of benzene rings is 1. The molecule has 1 aromatic carbocycles. The SMILES string of the molecule is COc1ccc(C(=O)O)cc1NC(=O)c1cn[nH]c1C. The van der Waals surface area contributed by atoms with E-state index < -0.39 is 11.9 Å². The summed E-state index contributed by atoms with van der Waals surface area (Å²) in [4.78, 5) is 23.0. The molecule has 7 nitrogen and oxygen atoms in total. The van der Waals surface area contributed by atoms with Gasteiger partial charge >= 0.3 is 5.97 Å². The minimum atomic E-state index is -1.08. The molecule has 20 heavy (non-hydrogen) atoms. The number of carboxylic acids is 1. The van der Waals surface area contributed by atoms with Crippen molar-refractivity contribution in [3.05, 3.63) is 41.2 Å². The Kier molecular flexibility index (Phi) is 3.69. The Morgan fingerprint density at radius 1 is 1.40 bits per heavy atom. The molecule has 0 fully saturated rings. The van der Waals surface area contributed by atoms with Crippen molar-refractivity contribution in [2.24, 2.45) is 0 Å². The first-order valence-corrected chi connectivity index (χ1v) is 5.75. The molecule has 1 heterocycles. The van der Waals surface area contributed by atoms with E-state index in [0.29, 0.717) is 17.0 Å². The van der Waals surface area contributed by atoms with Crippen molar-refractivity contribution in [2.75, 3.05) is 12.4 Å². The summed E-state index contributed by atoms with van der Waals surface area (Å²) >= 11 is 0. The molecule has 0 aliphatic carbocycles. The van der Waals surface area contributed by atoms with E-state index in [-0.39, 0.29) is 11.3 Å². The predicted molar refractivity (Wildman–Crippen MR) is 71.2 cm³/mol. The second-order valence-corrected chi connectivity index (χ2v) is 4.08. The maximum atomic E-state index is 12.1. The number of nitrogens with one attached hydrogen (secondary N) is 2. The Bertz CT molecular complexity index is 663. The number of aromatic carboxylic acids is 1. The Hall–Kier alpha value is -2.83. The number of anilines is 1. The molecule has 2 aromatic rings. The lowest BCUT2D eigenvalue weighted by atomic mass is 10.1. The van der Waals surface area contributed by atoms with Crippen LogP contribution in [0.1, 0.15) is 26.4 Å². The van der Waals surface area contributed by atoms with Crippen LogP contribution in [0.2, 0.25) is 0 Å². The number of amides is 1. The number of carbonyl (C=O) groups excluding carboxylic acids is 1. The normalized spacial score (nSPS) is 10.1. The second kappa shape index (κ2) is 5.43. The van der Waals surface area contributed by atoms with Crippen molar-refractivity contribution in [3.8, 4) is 5.75 Å². The van der Waals surface area contributed by atoms with Gasteiger partial charge in [-0.25, -0.2) is 4.79 Å². The van der Waals surface area contributed by atoms with Gasteiger partial charge < -0.3 is 15.2 Å². The third-order valence-corrected chi connectivity index (χ3v) is 2.77. The van der Waals surface area contributed by atoms with Crippen LogP contribution in [-0.4, -0.2) is 34.3 Å². The van der Waals surface area contributed by atoms with Crippen molar-refractivity contribution >= 4 is 17.6 Å². The number of aromatic amines is 1. The number of hydrogen-bond donors (Lipinski definition) is 3. The molecule has 0 radical (unpaired) electrons. The van der Waals surface area contributed by atoms with Crippen molar-refractivity contribution in [2.45, 2.75) is 6.92 Å². The standard InChI is InChI=1S/C13H13N3O4/c1-7-9(6-14-16-7)12(17)15-10-5-8(13(18)19)3-4-11(10)20-2/h3-6H,1-2H3,(H,14,16)(H,15,17)(H,18,19). The lowest BCUT2D eigenvalue weighted by Gasteiger charge is -2.10. The molecule has 0 saturated heterocycles. The molecule has 7 heteroatoms. The van der Waals surface area contributed by atoms with E-state index >= 15 is 0 Å². The van der Waals surface area contributed by atoms with Gasteiger partial charge in [0.15, 0.2) is 0 Å². The summed E-state index contributed by atoms with van der Waals surface area (Å²) < 4.78 is 5.10. The highest BCUT2D eigenvalue weighted by Crippen LogP contribution is 2.26. The molecular weight excluding hydrogens is 262 g/mol. The molecule has 1 amide bonds. The van der Waals surface area contributed by atoms with Crippen LogP contribution in [0.5, 0.6) is 5.75 Å². The number of methoxy groups -OCH3 is 1. The molecule has 3 N–H and O–H groups in total. The average molecular weight is 275 g/mol. The minimum absolute atomic E-state index is 0.0602. The molecule has 1 aromatic heterocycles. The summed E-state index contributed by atoms with van der Waals surface area (Å²) in [5.41, 5.74) is 1.35. The van der Waals surface area contributed by atoms with Gasteiger partial charge in [-0.1, -0.05) is 0 Å². The number of aromatic nitrogens is 2. The molecule has 0 aliphatic rings. The van der Waals surface area contributed by atoms with E-state index in [1.54, 1.807) is 6.92 Å². The first-order chi connectivity index (χ1) is 9.52. The number of carbonyl (C=O) groups is 2. The van der Waals surface area contributed by atoms with Crippen LogP contribution in [-0.2, 0) is 0 Å². The third kappa shape index (κ3) is 2.61. The predicted octanol–water partition coefficient (Wildman–Crippen LogP) is 1.68. The zero-order valence-corrected chi connectivity index (χ0v) is 10.9. The topological polar surface area (TPSA) is 104 Å². The maximum Gasteiger partial charge on any atom is 0.335 e. The zero-order chi connectivity index (χ0) is 14.7. The highest BCUT2D eigenvalue weighted by atomic mass is 16.5. The van der Waals surface area contributed by atoms with Crippen LogP contribution in [0.15, 0.2) is 24.4 Å². The van der Waals surface area contributed by atoms with Crippen molar-refractivity contribution < 1.29 is 19.4 Å². The summed E-state index contributed by atoms with van der Waals surface area (Å²) in [6, 6.07) is 4.23. The van der Waals surface area contributed by atoms with Crippen LogP contribution in [0, 0.1) is 6.92 Å². The Morgan fingerprint density at radius 2 is 2.15 bits per heavy atom. The van der Waals surface area contributed by atoms with Gasteiger partial charge in [-0.15, -0.1) is 0 Å². The lowest BCUT2D eigenvalue weighted by Crippen LogP contribution is -2.13. The van der Waals surface area contributed by atoms with Crippen molar-refractivity contribution in [3.63, 3.8) is 0 Å². The second-order valence-electron chi connectivity index (χ2n) is 4.08. The largest absolute Gasteiger partial charge is 0.495 e. The van der Waals surface area contributed by atoms with Crippen LogP contribution in [0.3, 0.4) is 0 Å². The monoisotopic (exact) mass is 275 g/mol. The van der Waals surface area contributed by atoms with E-state index in [1.165, 1.54) is 31.5 Å². The van der Waals surface area contributed by atoms with Gasteiger partial charge in [0.05, 0.1) is 30.1 Å². The first-order valence-electron chi connectivity index (χ1n) is 5.75. The van der Waals surface area contributed by atoms with Gasteiger partial charge in [-0.2, -0.15) is 5.10 Å². The minimum Gasteiger partial charge on any atom is -0.495 e. The summed E-state index contributed by atoms with van der Waals surface area (Å²) in [5.74, 6) is -1.09. The van der Waals surface area contributed by atoms with E-state index in [4.69, 9.17) is 9.84 Å². The highest BCUT2D eigenvalue weighted by Gasteiger charge is 2.15. The molecule has 0 spiro atoms. The van der Waals surface area contributed by atoms with Gasteiger partial charge in [-0.05, 0) is 25.1 Å². The fourth-order valence-corrected chi connectivity index (χ4v) is 1.71. The number of aryl methyl sites for hydroxylation is 1. The number of H-pyrrole nitrogens is 1. The smallest absolute Gasteiger partial charge is 0.335 e. The molecule has 0 atom stereocenters. The fourth-order valence-electron chi connectivity index (χ4n) is 1.71. The van der Waals surface area contributed by atoms with Crippen LogP contribution in [0.25, 0.3) is 0 Å². The molecule has 2 rings (SSSR count). The van der Waals surface area contributed by atoms with E-state index in [9.17, 15) is 9.59 Å². The lowest BCUT2D eigenvalue weighted by molar-refractivity contribution is 0.0696. The number of ether oxygens (including phenoxy) is 1. The van der Waals surface area contributed by atoms with Gasteiger partial charge in [0.1, 0.15) is 5.75 Å². The van der Waals surface area contributed by atoms with Gasteiger partial charge in [0.2, 0.25) is 0 Å². The van der Waals surface area contributed by atoms with Crippen LogP contribution < -0.4 is 10.1 Å². The summed E-state index contributed by atoms with van der Waals surface area (Å²) in [6.07, 6.45) is 1.40. The number of carboxylic acid groups (broad SMARTS) is 1.